The van der Waals surface area contributed by atoms with Gasteiger partial charge in [0, 0.05) is 24.3 Å². The quantitative estimate of drug-likeness (QED) is 0.799. The number of hydrogen-bond acceptors (Lipinski definition) is 3. The number of amides is 2. The Morgan fingerprint density at radius 3 is 2.20 bits per heavy atom. The van der Waals surface area contributed by atoms with Crippen LogP contribution in [0.4, 0.5) is 5.69 Å². The lowest BCUT2D eigenvalue weighted by atomic mass is 10.1. The van der Waals surface area contributed by atoms with Crippen molar-refractivity contribution in [3.63, 3.8) is 0 Å². The zero-order valence-electron chi connectivity index (χ0n) is 15.7. The molecule has 0 spiro atoms. The van der Waals surface area contributed by atoms with Crippen LogP contribution in [0.25, 0.3) is 0 Å². The average Bonchev–Trinajstić information content (AvgIpc) is 2.55. The van der Waals surface area contributed by atoms with Crippen LogP contribution in [-0.4, -0.2) is 61.6 Å². The van der Waals surface area contributed by atoms with E-state index in [9.17, 15) is 9.59 Å². The van der Waals surface area contributed by atoms with Crippen molar-refractivity contribution in [1.29, 1.82) is 0 Å². The number of quaternary nitrogens is 1. The maximum Gasteiger partial charge on any atom is 0.279 e. The molecule has 0 bridgehead atoms. The Kier molecular flexibility index (Phi) is 6.96. The van der Waals surface area contributed by atoms with Gasteiger partial charge in [0.15, 0.2) is 6.54 Å². The molecule has 0 radical (unpaired) electrons. The molecule has 1 aliphatic heterocycles. The minimum atomic E-state index is -0.0147. The fraction of sp³-hybridized carbons (Fsp3) is 0.579. The predicted octanol–water partition coefficient (Wildman–Crippen LogP) is 0.799. The molecule has 1 aromatic rings. The second-order valence-electron chi connectivity index (χ2n) is 6.70. The molecular formula is C19H30N3O3+. The molecule has 0 aromatic heterocycles. The van der Waals surface area contributed by atoms with Gasteiger partial charge in [0.05, 0.1) is 0 Å². The van der Waals surface area contributed by atoms with Gasteiger partial charge in [0.1, 0.15) is 25.3 Å². The van der Waals surface area contributed by atoms with Gasteiger partial charge in [-0.2, -0.15) is 0 Å². The molecule has 0 unspecified atom stereocenters. The van der Waals surface area contributed by atoms with Crippen molar-refractivity contribution >= 4 is 17.5 Å². The maximum absolute atomic E-state index is 12.3. The summed E-state index contributed by atoms with van der Waals surface area (Å²) in [7, 11) is 0. The number of carbonyl (C=O) groups excluding carboxylic acids is 2. The highest BCUT2D eigenvalue weighted by molar-refractivity contribution is 5.96. The third-order valence-corrected chi connectivity index (χ3v) is 4.49. The topological polar surface area (TPSA) is 63.1 Å². The van der Waals surface area contributed by atoms with Crippen molar-refractivity contribution in [1.82, 2.24) is 4.90 Å². The Balaban J connectivity index is 1.90. The largest absolute Gasteiger partial charge is 0.364 e. The van der Waals surface area contributed by atoms with E-state index in [4.69, 9.17) is 4.74 Å². The van der Waals surface area contributed by atoms with Crippen LogP contribution < -0.4 is 10.2 Å². The molecule has 0 aliphatic carbocycles. The zero-order valence-corrected chi connectivity index (χ0v) is 15.7. The summed E-state index contributed by atoms with van der Waals surface area (Å²) in [5.74, 6) is 0.00253. The van der Waals surface area contributed by atoms with Crippen LogP contribution in [0.15, 0.2) is 24.3 Å². The summed E-state index contributed by atoms with van der Waals surface area (Å²) < 4.78 is 5.70. The van der Waals surface area contributed by atoms with Gasteiger partial charge >= 0.3 is 0 Å². The van der Waals surface area contributed by atoms with Gasteiger partial charge in [-0.3, -0.25) is 9.59 Å². The second-order valence-corrected chi connectivity index (χ2v) is 6.70. The van der Waals surface area contributed by atoms with Gasteiger partial charge in [-0.15, -0.1) is 0 Å². The molecule has 1 saturated heterocycles. The summed E-state index contributed by atoms with van der Waals surface area (Å²) in [6.07, 6.45) is 0.355. The number of morpholine rings is 1. The van der Waals surface area contributed by atoms with Crippen molar-refractivity contribution in [3.8, 4) is 0 Å². The van der Waals surface area contributed by atoms with Gasteiger partial charge in [-0.25, -0.2) is 0 Å². The zero-order chi connectivity index (χ0) is 18.4. The molecule has 0 saturated carbocycles. The van der Waals surface area contributed by atoms with Gasteiger partial charge in [0.25, 0.3) is 11.8 Å². The Bertz CT molecular complexity index is 574. The Hall–Kier alpha value is -1.92. The molecule has 1 aromatic carbocycles. The number of nitrogens with zero attached hydrogens (tertiary/aromatic N) is 1. The highest BCUT2D eigenvalue weighted by Gasteiger charge is 2.27. The van der Waals surface area contributed by atoms with Crippen LogP contribution in [0.5, 0.6) is 0 Å². The Morgan fingerprint density at radius 2 is 1.68 bits per heavy atom. The number of hydrogen-bond donors (Lipinski definition) is 2. The molecule has 6 heteroatoms. The molecule has 1 heterocycles. The van der Waals surface area contributed by atoms with E-state index in [1.165, 1.54) is 4.90 Å². The van der Waals surface area contributed by atoms with Crippen LogP contribution in [0.1, 0.15) is 38.1 Å². The molecule has 2 amide bonds. The van der Waals surface area contributed by atoms with Crippen molar-refractivity contribution in [2.45, 2.75) is 39.9 Å². The first-order chi connectivity index (χ1) is 11.9. The molecule has 2 rings (SSSR count). The standard InChI is InChI=1S/C19H29N3O3/c1-5-22(6-2)19(24)16-7-9-17(10-8-16)20-18(23)13-21-11-14(3)25-15(4)12-21/h7-10,14-15H,5-6,11-13H2,1-4H3,(H,20,23)/p+1/t14-,15-/m0/s1. The monoisotopic (exact) mass is 348 g/mol. The molecule has 2 N–H and O–H groups in total. The number of benzene rings is 1. The fourth-order valence-electron chi connectivity index (χ4n) is 3.36. The molecule has 6 nitrogen and oxygen atoms in total. The molecule has 138 valence electrons. The first-order valence-electron chi connectivity index (χ1n) is 9.11. The summed E-state index contributed by atoms with van der Waals surface area (Å²) >= 11 is 0. The lowest BCUT2D eigenvalue weighted by molar-refractivity contribution is -0.907. The van der Waals surface area contributed by atoms with Crippen LogP contribution >= 0.6 is 0 Å². The number of carbonyl (C=O) groups is 2. The lowest BCUT2D eigenvalue weighted by Gasteiger charge is -2.31. The first-order valence-corrected chi connectivity index (χ1v) is 9.11. The highest BCUT2D eigenvalue weighted by Crippen LogP contribution is 2.11. The maximum atomic E-state index is 12.3. The van der Waals surface area contributed by atoms with E-state index in [-0.39, 0.29) is 24.0 Å². The van der Waals surface area contributed by atoms with Crippen molar-refractivity contribution in [3.05, 3.63) is 29.8 Å². The predicted molar refractivity (Wildman–Crippen MR) is 97.9 cm³/mol. The Labute approximate surface area is 150 Å². The van der Waals surface area contributed by atoms with E-state index in [1.54, 1.807) is 29.2 Å². The third kappa shape index (κ3) is 5.54. The molecule has 2 atom stereocenters. The minimum Gasteiger partial charge on any atom is -0.364 e. The highest BCUT2D eigenvalue weighted by atomic mass is 16.5. The number of ether oxygens (including phenoxy) is 1. The van der Waals surface area contributed by atoms with Crippen LogP contribution in [-0.2, 0) is 9.53 Å². The summed E-state index contributed by atoms with van der Waals surface area (Å²) in [6, 6.07) is 7.10. The second kappa shape index (κ2) is 8.97. The summed E-state index contributed by atoms with van der Waals surface area (Å²) in [5.41, 5.74) is 1.36. The molecule has 1 aliphatic rings. The summed E-state index contributed by atoms with van der Waals surface area (Å²) in [4.78, 5) is 27.6. The number of anilines is 1. The normalized spacial score (nSPS) is 23.1. The number of nitrogens with one attached hydrogen (secondary N) is 2. The SMILES string of the molecule is CCN(CC)C(=O)c1ccc(NC(=O)C[NH+]2C[C@H](C)O[C@@H](C)C2)cc1. The third-order valence-electron chi connectivity index (χ3n) is 4.49. The van der Waals surface area contributed by atoms with Gasteiger partial charge < -0.3 is 19.9 Å². The van der Waals surface area contributed by atoms with Crippen LogP contribution in [0, 0.1) is 0 Å². The summed E-state index contributed by atoms with van der Waals surface area (Å²) in [6.45, 7) is 11.5. The molecule has 25 heavy (non-hydrogen) atoms. The summed E-state index contributed by atoms with van der Waals surface area (Å²) in [5, 5.41) is 2.92. The van der Waals surface area contributed by atoms with Crippen molar-refractivity contribution in [2.24, 2.45) is 0 Å². The van der Waals surface area contributed by atoms with Crippen LogP contribution in [0.2, 0.25) is 0 Å². The number of rotatable bonds is 6. The van der Waals surface area contributed by atoms with E-state index < -0.39 is 0 Å². The Morgan fingerprint density at radius 1 is 1.12 bits per heavy atom. The van der Waals surface area contributed by atoms with Gasteiger partial charge in [-0.05, 0) is 52.0 Å². The van der Waals surface area contributed by atoms with Crippen LogP contribution in [0.3, 0.4) is 0 Å². The lowest BCUT2D eigenvalue weighted by Crippen LogP contribution is -3.16. The van der Waals surface area contributed by atoms with Crippen molar-refractivity contribution < 1.29 is 19.2 Å². The van der Waals surface area contributed by atoms with Gasteiger partial charge in [-0.1, -0.05) is 0 Å². The molecule has 1 fully saturated rings. The first kappa shape index (κ1) is 19.4. The van der Waals surface area contributed by atoms with E-state index in [0.717, 1.165) is 18.8 Å². The fourth-order valence-corrected chi connectivity index (χ4v) is 3.36. The van der Waals surface area contributed by atoms with Gasteiger partial charge in [0.2, 0.25) is 0 Å². The minimum absolute atomic E-state index is 0.0147. The van der Waals surface area contributed by atoms with E-state index in [2.05, 4.69) is 5.32 Å². The smallest absolute Gasteiger partial charge is 0.279 e. The van der Waals surface area contributed by atoms with E-state index in [1.807, 2.05) is 27.7 Å². The van der Waals surface area contributed by atoms with Crippen molar-refractivity contribution in [2.75, 3.05) is 38.0 Å². The molecular weight excluding hydrogens is 318 g/mol. The van der Waals surface area contributed by atoms with E-state index in [0.29, 0.717) is 25.2 Å². The van der Waals surface area contributed by atoms with E-state index >= 15 is 0 Å². The average molecular weight is 348 g/mol.